The van der Waals surface area contributed by atoms with Gasteiger partial charge in [-0.2, -0.15) is 5.26 Å². The van der Waals surface area contributed by atoms with Crippen LogP contribution in [-0.4, -0.2) is 5.91 Å². The zero-order valence-corrected chi connectivity index (χ0v) is 15.6. The fourth-order valence-corrected chi connectivity index (χ4v) is 5.09. The highest BCUT2D eigenvalue weighted by molar-refractivity contribution is 5.97. The second-order valence-electron chi connectivity index (χ2n) is 8.01. The fraction of sp³-hybridized carbons (Fsp3) is 0.200. The molecule has 1 N–H and O–H groups in total. The minimum Gasteiger partial charge on any atom is -0.326 e. The van der Waals surface area contributed by atoms with Crippen molar-refractivity contribution >= 4 is 11.6 Å². The smallest absolute Gasteiger partial charge is 0.231 e. The Morgan fingerprint density at radius 2 is 1.46 bits per heavy atom. The Bertz CT molecular complexity index is 1080. The van der Waals surface area contributed by atoms with Crippen molar-refractivity contribution in [2.24, 2.45) is 5.41 Å². The zero-order chi connectivity index (χ0) is 19.3. The summed E-state index contributed by atoms with van der Waals surface area (Å²) in [7, 11) is 0. The predicted octanol–water partition coefficient (Wildman–Crippen LogP) is 5.18. The van der Waals surface area contributed by atoms with Gasteiger partial charge in [0.2, 0.25) is 5.91 Å². The number of rotatable bonds is 2. The number of nitriles is 1. The van der Waals surface area contributed by atoms with Gasteiger partial charge in [0.1, 0.15) is 0 Å². The molecule has 0 radical (unpaired) electrons. The van der Waals surface area contributed by atoms with E-state index in [-0.39, 0.29) is 17.7 Å². The van der Waals surface area contributed by atoms with Crippen LogP contribution in [0, 0.1) is 16.7 Å². The Hall–Kier alpha value is -3.38. The van der Waals surface area contributed by atoms with Crippen LogP contribution in [0.1, 0.15) is 53.0 Å². The molecule has 3 aliphatic carbocycles. The Morgan fingerprint density at radius 3 is 2.00 bits per heavy atom. The normalized spacial score (nSPS) is 24.0. The molecule has 0 aliphatic heterocycles. The molecule has 3 aromatic carbocycles. The van der Waals surface area contributed by atoms with Gasteiger partial charge in [-0.25, -0.2) is 0 Å². The van der Waals surface area contributed by atoms with Gasteiger partial charge in [-0.05, 0) is 59.9 Å². The van der Waals surface area contributed by atoms with Crippen LogP contribution in [0.25, 0.3) is 0 Å². The van der Waals surface area contributed by atoms with Crippen LogP contribution in [0.5, 0.6) is 0 Å². The van der Waals surface area contributed by atoms with Crippen molar-refractivity contribution in [3.05, 3.63) is 101 Å². The summed E-state index contributed by atoms with van der Waals surface area (Å²) >= 11 is 0. The van der Waals surface area contributed by atoms with Crippen molar-refractivity contribution in [3.8, 4) is 6.07 Å². The summed E-state index contributed by atoms with van der Waals surface area (Å²) in [6.07, 6.45) is 0.799. The van der Waals surface area contributed by atoms with Gasteiger partial charge in [-0.1, -0.05) is 48.5 Å². The predicted molar refractivity (Wildman–Crippen MR) is 109 cm³/mol. The summed E-state index contributed by atoms with van der Waals surface area (Å²) in [5, 5.41) is 12.1. The van der Waals surface area contributed by atoms with E-state index in [1.54, 1.807) is 24.3 Å². The Morgan fingerprint density at radius 1 is 0.929 bits per heavy atom. The van der Waals surface area contributed by atoms with Crippen LogP contribution in [0.2, 0.25) is 0 Å². The Balaban J connectivity index is 1.57. The number of anilines is 1. The second-order valence-corrected chi connectivity index (χ2v) is 8.01. The molecule has 3 nitrogen and oxygen atoms in total. The molecule has 3 aliphatic rings. The number of hydrogen-bond donors (Lipinski definition) is 1. The van der Waals surface area contributed by atoms with Gasteiger partial charge in [0.15, 0.2) is 0 Å². The van der Waals surface area contributed by atoms with Crippen molar-refractivity contribution in [2.75, 3.05) is 5.32 Å². The molecule has 6 rings (SSSR count). The van der Waals surface area contributed by atoms with E-state index in [4.69, 9.17) is 5.26 Å². The zero-order valence-electron chi connectivity index (χ0n) is 15.6. The van der Waals surface area contributed by atoms with Crippen molar-refractivity contribution in [2.45, 2.75) is 25.2 Å². The van der Waals surface area contributed by atoms with Gasteiger partial charge in [-0.15, -0.1) is 0 Å². The van der Waals surface area contributed by atoms with E-state index in [9.17, 15) is 4.79 Å². The fourth-order valence-electron chi connectivity index (χ4n) is 5.09. The first kappa shape index (κ1) is 16.8. The first-order valence-electron chi connectivity index (χ1n) is 9.61. The van der Waals surface area contributed by atoms with Crippen LogP contribution >= 0.6 is 0 Å². The molecule has 0 saturated carbocycles. The maximum atomic E-state index is 13.5. The monoisotopic (exact) mass is 364 g/mol. The lowest BCUT2D eigenvalue weighted by molar-refractivity contribution is -0.126. The number of benzene rings is 3. The maximum Gasteiger partial charge on any atom is 0.231 e. The summed E-state index contributed by atoms with van der Waals surface area (Å²) in [6.45, 7) is 2.09. The molecule has 0 heterocycles. The topological polar surface area (TPSA) is 52.9 Å². The maximum absolute atomic E-state index is 13.5. The molecule has 0 spiro atoms. The summed E-state index contributed by atoms with van der Waals surface area (Å²) in [4.78, 5) is 13.5. The van der Waals surface area contributed by atoms with Gasteiger partial charge < -0.3 is 5.32 Å². The third kappa shape index (κ3) is 2.31. The molecule has 1 amide bonds. The molecule has 0 fully saturated rings. The molecule has 3 aromatic rings. The number of carbonyl (C=O) groups is 1. The third-order valence-corrected chi connectivity index (χ3v) is 6.42. The highest BCUT2D eigenvalue weighted by atomic mass is 16.2. The van der Waals surface area contributed by atoms with E-state index in [0.717, 1.165) is 12.1 Å². The molecule has 136 valence electrons. The lowest BCUT2D eigenvalue weighted by atomic mass is 9.52. The SMILES string of the molecule is CC1(C(=O)Nc2ccc(C#N)cc2)CC2c3ccccc3C1c1ccccc12. The van der Waals surface area contributed by atoms with Gasteiger partial charge in [-0.3, -0.25) is 4.79 Å². The standard InChI is InChI=1S/C25H20N2O/c1-25(24(28)27-17-12-10-16(15-26)11-13-17)14-22-18-6-2-4-8-20(18)23(25)21-9-5-3-7-19(21)22/h2-13,22-23H,14H2,1H3,(H,27,28). The average Bonchev–Trinajstić information content (AvgIpc) is 2.74. The largest absolute Gasteiger partial charge is 0.326 e. The summed E-state index contributed by atoms with van der Waals surface area (Å²) in [5.74, 6) is 0.327. The number of nitrogens with one attached hydrogen (secondary N) is 1. The average molecular weight is 364 g/mol. The van der Waals surface area contributed by atoms with Crippen LogP contribution in [-0.2, 0) is 4.79 Å². The van der Waals surface area contributed by atoms with Gasteiger partial charge in [0.05, 0.1) is 17.0 Å². The van der Waals surface area contributed by atoms with Crippen LogP contribution in [0.3, 0.4) is 0 Å². The van der Waals surface area contributed by atoms with Crippen molar-refractivity contribution in [3.63, 3.8) is 0 Å². The van der Waals surface area contributed by atoms with Gasteiger partial charge >= 0.3 is 0 Å². The number of amides is 1. The molecule has 1 atom stereocenters. The number of fused-ring (bicyclic) bond motifs is 1. The highest BCUT2D eigenvalue weighted by Crippen LogP contribution is 2.61. The number of nitrogens with zero attached hydrogens (tertiary/aromatic N) is 1. The number of hydrogen-bond acceptors (Lipinski definition) is 2. The summed E-state index contributed by atoms with van der Waals surface area (Å²) in [6, 6.07) is 26.3. The van der Waals surface area contributed by atoms with Gasteiger partial charge in [0.25, 0.3) is 0 Å². The van der Waals surface area contributed by atoms with E-state index in [0.29, 0.717) is 5.56 Å². The minimum absolute atomic E-state index is 0.0382. The molecule has 3 heteroatoms. The minimum atomic E-state index is -0.527. The van der Waals surface area contributed by atoms with Crippen LogP contribution < -0.4 is 5.32 Å². The van der Waals surface area contributed by atoms with Crippen LogP contribution in [0.15, 0.2) is 72.8 Å². The lowest BCUT2D eigenvalue weighted by Crippen LogP contribution is -2.47. The van der Waals surface area contributed by atoms with Crippen molar-refractivity contribution < 1.29 is 4.79 Å². The van der Waals surface area contributed by atoms with E-state index in [1.165, 1.54) is 22.3 Å². The number of carbonyl (C=O) groups excluding carboxylic acids is 1. The van der Waals surface area contributed by atoms with Crippen molar-refractivity contribution in [1.29, 1.82) is 5.26 Å². The molecule has 1 unspecified atom stereocenters. The molecular formula is C25H20N2O. The molecule has 0 aromatic heterocycles. The Labute approximate surface area is 164 Å². The van der Waals surface area contributed by atoms with Crippen LogP contribution in [0.4, 0.5) is 5.69 Å². The first-order chi connectivity index (χ1) is 13.6. The van der Waals surface area contributed by atoms with Crippen molar-refractivity contribution in [1.82, 2.24) is 0 Å². The quantitative estimate of drug-likeness (QED) is 0.681. The molecule has 28 heavy (non-hydrogen) atoms. The van der Waals surface area contributed by atoms with E-state index in [1.807, 2.05) is 0 Å². The van der Waals surface area contributed by atoms with E-state index in [2.05, 4.69) is 66.8 Å². The summed E-state index contributed by atoms with van der Waals surface area (Å²) < 4.78 is 0. The van der Waals surface area contributed by atoms with E-state index >= 15 is 0 Å². The molecular weight excluding hydrogens is 344 g/mol. The second kappa shape index (κ2) is 6.07. The Kier molecular flexibility index (Phi) is 3.64. The third-order valence-electron chi connectivity index (χ3n) is 6.42. The summed E-state index contributed by atoms with van der Waals surface area (Å²) in [5.41, 5.74) is 6.05. The highest BCUT2D eigenvalue weighted by Gasteiger charge is 2.53. The molecule has 0 saturated heterocycles. The van der Waals surface area contributed by atoms with Gasteiger partial charge in [0, 0.05) is 17.5 Å². The molecule has 2 bridgehead atoms. The first-order valence-corrected chi connectivity index (χ1v) is 9.61. The van der Waals surface area contributed by atoms with E-state index < -0.39 is 5.41 Å². The lowest BCUT2D eigenvalue weighted by Gasteiger charge is -2.50.